The first-order valence-electron chi connectivity index (χ1n) is 8.32. The van der Waals surface area contributed by atoms with E-state index in [4.69, 9.17) is 9.47 Å². The van der Waals surface area contributed by atoms with E-state index < -0.39 is 33.7 Å². The van der Waals surface area contributed by atoms with E-state index in [1.807, 2.05) is 0 Å². The van der Waals surface area contributed by atoms with Crippen molar-refractivity contribution in [3.63, 3.8) is 0 Å². The molecular formula is C17H24N2O7S. The Hall–Kier alpha value is -2.33. The number of carboxylic acid groups (broad SMARTS) is 1. The van der Waals surface area contributed by atoms with E-state index in [-0.39, 0.29) is 24.5 Å². The first-order valence-corrected chi connectivity index (χ1v) is 9.76. The highest BCUT2D eigenvalue weighted by Crippen LogP contribution is 2.24. The highest BCUT2D eigenvalue weighted by molar-refractivity contribution is 7.89. The fourth-order valence-corrected chi connectivity index (χ4v) is 4.20. The number of ether oxygens (including phenoxy) is 2. The maximum atomic E-state index is 12.9. The molecule has 1 N–H and O–H groups in total. The smallest absolute Gasteiger partial charge is 0.410 e. The molecule has 1 aromatic rings. The lowest BCUT2D eigenvalue weighted by Gasteiger charge is -2.38. The summed E-state index contributed by atoms with van der Waals surface area (Å²) in [5.74, 6) is -0.848. The van der Waals surface area contributed by atoms with Crippen molar-refractivity contribution in [1.29, 1.82) is 0 Å². The Morgan fingerprint density at radius 2 is 1.74 bits per heavy atom. The topological polar surface area (TPSA) is 113 Å². The third kappa shape index (κ3) is 4.89. The number of rotatable bonds is 4. The molecule has 1 amide bonds. The van der Waals surface area contributed by atoms with Crippen LogP contribution in [0.25, 0.3) is 0 Å². The second-order valence-corrected chi connectivity index (χ2v) is 8.96. The number of hydrogen-bond donors (Lipinski definition) is 1. The third-order valence-electron chi connectivity index (χ3n) is 3.93. The zero-order valence-electron chi connectivity index (χ0n) is 15.7. The van der Waals surface area contributed by atoms with Crippen molar-refractivity contribution in [3.05, 3.63) is 24.3 Å². The molecule has 1 aromatic carbocycles. The number of carboxylic acids is 1. The average molecular weight is 400 g/mol. The summed E-state index contributed by atoms with van der Waals surface area (Å²) >= 11 is 0. The molecule has 1 aliphatic heterocycles. The van der Waals surface area contributed by atoms with E-state index in [1.165, 1.54) is 36.3 Å². The second-order valence-electron chi connectivity index (χ2n) is 7.07. The Labute approximate surface area is 158 Å². The average Bonchev–Trinajstić information content (AvgIpc) is 2.59. The zero-order valence-corrected chi connectivity index (χ0v) is 16.5. The molecule has 0 spiro atoms. The van der Waals surface area contributed by atoms with Crippen LogP contribution >= 0.6 is 0 Å². The number of hydrogen-bond acceptors (Lipinski definition) is 6. The largest absolute Gasteiger partial charge is 0.497 e. The SMILES string of the molecule is COc1ccc(S(=O)(=O)N2CCN(C(=O)OC(C)(C)C)CC2C(=O)O)cc1. The first-order chi connectivity index (χ1) is 12.5. The van der Waals surface area contributed by atoms with Crippen molar-refractivity contribution in [1.82, 2.24) is 9.21 Å². The van der Waals surface area contributed by atoms with Gasteiger partial charge in [-0.05, 0) is 45.0 Å². The van der Waals surface area contributed by atoms with Crippen LogP contribution in [0.5, 0.6) is 5.75 Å². The van der Waals surface area contributed by atoms with Gasteiger partial charge in [0, 0.05) is 13.1 Å². The number of amides is 1. The van der Waals surface area contributed by atoms with Crippen LogP contribution in [0.4, 0.5) is 4.79 Å². The fraction of sp³-hybridized carbons (Fsp3) is 0.529. The van der Waals surface area contributed by atoms with Crippen molar-refractivity contribution >= 4 is 22.1 Å². The molecule has 1 heterocycles. The third-order valence-corrected chi connectivity index (χ3v) is 5.86. The van der Waals surface area contributed by atoms with Crippen LogP contribution in [0, 0.1) is 0 Å². The van der Waals surface area contributed by atoms with Crippen LogP contribution in [0.1, 0.15) is 20.8 Å². The quantitative estimate of drug-likeness (QED) is 0.812. The zero-order chi connectivity index (χ0) is 20.4. The summed E-state index contributed by atoms with van der Waals surface area (Å²) in [4.78, 5) is 25.1. The molecule has 1 atom stereocenters. The monoisotopic (exact) mass is 400 g/mol. The van der Waals surface area contributed by atoms with Gasteiger partial charge in [-0.2, -0.15) is 4.31 Å². The minimum atomic E-state index is -4.05. The number of sulfonamides is 1. The van der Waals surface area contributed by atoms with Crippen LogP contribution in [0.2, 0.25) is 0 Å². The van der Waals surface area contributed by atoms with Crippen molar-refractivity contribution in [3.8, 4) is 5.75 Å². The normalized spacial score (nSPS) is 18.8. The molecule has 1 aliphatic rings. The Morgan fingerprint density at radius 1 is 1.15 bits per heavy atom. The lowest BCUT2D eigenvalue weighted by atomic mass is 10.2. The van der Waals surface area contributed by atoms with Gasteiger partial charge in [0.1, 0.15) is 17.4 Å². The van der Waals surface area contributed by atoms with E-state index in [9.17, 15) is 23.1 Å². The summed E-state index contributed by atoms with van der Waals surface area (Å²) in [7, 11) is -2.59. The number of benzene rings is 1. The maximum absolute atomic E-state index is 12.9. The van der Waals surface area contributed by atoms with Crippen LogP contribution in [-0.4, -0.2) is 73.2 Å². The van der Waals surface area contributed by atoms with Crippen molar-refractivity contribution in [2.45, 2.75) is 37.3 Å². The molecular weight excluding hydrogens is 376 g/mol. The number of carbonyl (C=O) groups is 2. The summed E-state index contributed by atoms with van der Waals surface area (Å²) in [6.07, 6.45) is -0.671. The maximum Gasteiger partial charge on any atom is 0.410 e. The number of nitrogens with zero attached hydrogens (tertiary/aromatic N) is 2. The van der Waals surface area contributed by atoms with Gasteiger partial charge < -0.3 is 19.5 Å². The highest BCUT2D eigenvalue weighted by atomic mass is 32.2. The lowest BCUT2D eigenvalue weighted by molar-refractivity contribution is -0.143. The molecule has 0 aromatic heterocycles. The standard InChI is InChI=1S/C17H24N2O7S/c1-17(2,3)26-16(22)18-9-10-19(14(11-18)15(20)21)27(23,24)13-7-5-12(25-4)6-8-13/h5-8,14H,9-11H2,1-4H3,(H,20,21). The number of piperazine rings is 1. The highest BCUT2D eigenvalue weighted by Gasteiger charge is 2.42. The fourth-order valence-electron chi connectivity index (χ4n) is 2.63. The molecule has 1 unspecified atom stereocenters. The van der Waals surface area contributed by atoms with Crippen molar-refractivity contribution < 1.29 is 32.6 Å². The molecule has 27 heavy (non-hydrogen) atoms. The molecule has 10 heteroatoms. The molecule has 0 radical (unpaired) electrons. The molecule has 0 saturated carbocycles. The van der Waals surface area contributed by atoms with Crippen LogP contribution in [-0.2, 0) is 19.6 Å². The van der Waals surface area contributed by atoms with Crippen LogP contribution < -0.4 is 4.74 Å². The number of methoxy groups -OCH3 is 1. The lowest BCUT2D eigenvalue weighted by Crippen LogP contribution is -2.59. The van der Waals surface area contributed by atoms with Crippen molar-refractivity contribution in [2.24, 2.45) is 0 Å². The van der Waals surface area contributed by atoms with Gasteiger partial charge in [-0.1, -0.05) is 0 Å². The first kappa shape index (κ1) is 21.0. The van der Waals surface area contributed by atoms with Crippen LogP contribution in [0.15, 0.2) is 29.2 Å². The molecule has 150 valence electrons. The van der Waals surface area contributed by atoms with E-state index in [0.29, 0.717) is 5.75 Å². The number of carbonyl (C=O) groups excluding carboxylic acids is 1. The van der Waals surface area contributed by atoms with Gasteiger partial charge in [0.2, 0.25) is 10.0 Å². The summed E-state index contributed by atoms with van der Waals surface area (Å²) in [5, 5.41) is 9.53. The summed E-state index contributed by atoms with van der Waals surface area (Å²) < 4.78 is 36.9. The Morgan fingerprint density at radius 3 is 2.22 bits per heavy atom. The summed E-state index contributed by atoms with van der Waals surface area (Å²) in [6, 6.07) is 4.28. The van der Waals surface area contributed by atoms with E-state index in [1.54, 1.807) is 20.8 Å². The number of aliphatic carboxylic acids is 1. The van der Waals surface area contributed by atoms with Gasteiger partial charge in [-0.3, -0.25) is 4.79 Å². The summed E-state index contributed by atoms with van der Waals surface area (Å²) in [5.41, 5.74) is -0.734. The Balaban J connectivity index is 2.24. The second kappa shape index (κ2) is 7.73. The van der Waals surface area contributed by atoms with Crippen molar-refractivity contribution in [2.75, 3.05) is 26.7 Å². The van der Waals surface area contributed by atoms with Gasteiger partial charge in [0.25, 0.3) is 0 Å². The molecule has 2 rings (SSSR count). The van der Waals surface area contributed by atoms with E-state index in [2.05, 4.69) is 0 Å². The van der Waals surface area contributed by atoms with E-state index >= 15 is 0 Å². The molecule has 9 nitrogen and oxygen atoms in total. The Kier molecular flexibility index (Phi) is 6.01. The molecule has 0 aliphatic carbocycles. The van der Waals surface area contributed by atoms with E-state index in [0.717, 1.165) is 4.31 Å². The summed E-state index contributed by atoms with van der Waals surface area (Å²) in [6.45, 7) is 4.69. The minimum absolute atomic E-state index is 0.0358. The Bertz CT molecular complexity index is 800. The van der Waals surface area contributed by atoms with Gasteiger partial charge in [0.15, 0.2) is 0 Å². The predicted molar refractivity (Wildman–Crippen MR) is 96.1 cm³/mol. The van der Waals surface area contributed by atoms with Gasteiger partial charge in [-0.15, -0.1) is 0 Å². The molecule has 1 saturated heterocycles. The molecule has 1 fully saturated rings. The molecule has 0 bridgehead atoms. The van der Waals surface area contributed by atoms with Gasteiger partial charge >= 0.3 is 12.1 Å². The van der Waals surface area contributed by atoms with Gasteiger partial charge in [-0.25, -0.2) is 13.2 Å². The predicted octanol–water partition coefficient (Wildman–Crippen LogP) is 1.39. The van der Waals surface area contributed by atoms with Gasteiger partial charge in [0.05, 0.1) is 18.6 Å². The minimum Gasteiger partial charge on any atom is -0.497 e. The van der Waals surface area contributed by atoms with Crippen LogP contribution in [0.3, 0.4) is 0 Å².